The fourth-order valence-corrected chi connectivity index (χ4v) is 11.2. The summed E-state index contributed by atoms with van der Waals surface area (Å²) >= 11 is 0. The predicted molar refractivity (Wildman–Crippen MR) is 289 cm³/mol. The van der Waals surface area contributed by atoms with Gasteiger partial charge in [0, 0.05) is 33.5 Å². The fraction of sp³-hybridized carbons (Fsp3) is 0.0149. The SMILES string of the molecule is c1ccc(-c2cc(-c3ccccc3)cc(N(c3ccccc3)c3cccc(-c4ccc5c6ccccc6n(-c6ccc7c(c6)-c6ccccc6C7(c6ccccc6)c6ccccc6)c5c4)c3)c2)cc1. The first-order valence-corrected chi connectivity index (χ1v) is 23.8. The molecule has 2 nitrogen and oxygen atoms in total. The molecule has 0 bridgehead atoms. The summed E-state index contributed by atoms with van der Waals surface area (Å²) in [5, 5.41) is 2.46. The molecule has 0 saturated carbocycles. The molecule has 1 heterocycles. The minimum absolute atomic E-state index is 0.453. The van der Waals surface area contributed by atoms with Gasteiger partial charge in [0.25, 0.3) is 0 Å². The van der Waals surface area contributed by atoms with Crippen molar-refractivity contribution in [1.29, 1.82) is 0 Å². The van der Waals surface area contributed by atoms with Crippen molar-refractivity contribution in [2.75, 3.05) is 4.90 Å². The molecule has 0 atom stereocenters. The molecule has 2 heteroatoms. The van der Waals surface area contributed by atoms with Crippen LogP contribution in [0.2, 0.25) is 0 Å². The number of fused-ring (bicyclic) bond motifs is 6. The van der Waals surface area contributed by atoms with E-state index in [1.54, 1.807) is 0 Å². The highest BCUT2D eigenvalue weighted by atomic mass is 15.1. The number of nitrogens with zero attached hydrogens (tertiary/aromatic N) is 2. The van der Waals surface area contributed by atoms with Crippen molar-refractivity contribution < 1.29 is 0 Å². The highest BCUT2D eigenvalue weighted by molar-refractivity contribution is 6.10. The van der Waals surface area contributed by atoms with E-state index in [0.29, 0.717) is 0 Å². The van der Waals surface area contributed by atoms with Crippen LogP contribution in [-0.4, -0.2) is 4.57 Å². The minimum atomic E-state index is -0.453. The number of benzene rings is 11. The highest BCUT2D eigenvalue weighted by Gasteiger charge is 2.46. The van der Waals surface area contributed by atoms with Crippen LogP contribution in [0.3, 0.4) is 0 Å². The topological polar surface area (TPSA) is 8.17 Å². The van der Waals surface area contributed by atoms with Crippen LogP contribution in [0.4, 0.5) is 17.1 Å². The summed E-state index contributed by atoms with van der Waals surface area (Å²) in [6.07, 6.45) is 0. The maximum absolute atomic E-state index is 2.47. The Balaban J connectivity index is 0.974. The zero-order valence-corrected chi connectivity index (χ0v) is 38.0. The third-order valence-corrected chi connectivity index (χ3v) is 14.2. The molecule has 1 aromatic heterocycles. The van der Waals surface area contributed by atoms with Crippen molar-refractivity contribution in [2.45, 2.75) is 5.41 Å². The van der Waals surface area contributed by atoms with Gasteiger partial charge in [-0.25, -0.2) is 0 Å². The monoisotopic (exact) mass is 878 g/mol. The Morgan fingerprint density at radius 1 is 0.275 bits per heavy atom. The lowest BCUT2D eigenvalue weighted by atomic mass is 9.68. The largest absolute Gasteiger partial charge is 0.310 e. The average molecular weight is 879 g/mol. The number of para-hydroxylation sites is 2. The van der Waals surface area contributed by atoms with Crippen LogP contribution in [0.15, 0.2) is 279 Å². The third kappa shape index (κ3) is 6.72. The molecule has 324 valence electrons. The van der Waals surface area contributed by atoms with Gasteiger partial charge in [-0.15, -0.1) is 0 Å². The number of anilines is 3. The molecule has 12 aromatic rings. The van der Waals surface area contributed by atoms with Gasteiger partial charge >= 0.3 is 0 Å². The fourth-order valence-electron chi connectivity index (χ4n) is 11.2. The Labute approximate surface area is 403 Å². The van der Waals surface area contributed by atoms with Crippen molar-refractivity contribution >= 4 is 38.9 Å². The normalized spacial score (nSPS) is 12.5. The Hall–Kier alpha value is -8.98. The van der Waals surface area contributed by atoms with Crippen LogP contribution >= 0.6 is 0 Å². The molecule has 0 aliphatic heterocycles. The second-order valence-electron chi connectivity index (χ2n) is 18.1. The van der Waals surface area contributed by atoms with Crippen LogP contribution in [0.5, 0.6) is 0 Å². The molecule has 1 aliphatic carbocycles. The van der Waals surface area contributed by atoms with E-state index in [1.165, 1.54) is 77.4 Å². The Kier molecular flexibility index (Phi) is 9.77. The molecule has 11 aromatic carbocycles. The number of rotatable bonds is 9. The number of aromatic nitrogens is 1. The summed E-state index contributed by atoms with van der Waals surface area (Å²) in [5.74, 6) is 0. The predicted octanol–water partition coefficient (Wildman–Crippen LogP) is 17.6. The molecule has 69 heavy (non-hydrogen) atoms. The van der Waals surface area contributed by atoms with Gasteiger partial charge in [0.1, 0.15) is 0 Å². The van der Waals surface area contributed by atoms with Crippen LogP contribution in [-0.2, 0) is 5.41 Å². The molecule has 0 saturated heterocycles. The van der Waals surface area contributed by atoms with Gasteiger partial charge in [0.2, 0.25) is 0 Å². The van der Waals surface area contributed by atoms with E-state index in [0.717, 1.165) is 33.9 Å². The van der Waals surface area contributed by atoms with Gasteiger partial charge in [0.15, 0.2) is 0 Å². The quantitative estimate of drug-likeness (QED) is 0.140. The molecule has 0 spiro atoms. The van der Waals surface area contributed by atoms with E-state index in [1.807, 2.05) is 0 Å². The molecule has 1 aliphatic rings. The summed E-state index contributed by atoms with van der Waals surface area (Å²) in [5.41, 5.74) is 21.0. The van der Waals surface area contributed by atoms with E-state index in [4.69, 9.17) is 0 Å². The maximum atomic E-state index is 2.47. The maximum Gasteiger partial charge on any atom is 0.0713 e. The molecule has 0 radical (unpaired) electrons. The summed E-state index contributed by atoms with van der Waals surface area (Å²) in [4.78, 5) is 2.39. The van der Waals surface area contributed by atoms with Crippen LogP contribution in [0, 0.1) is 0 Å². The molecule has 0 amide bonds. The number of hydrogen-bond acceptors (Lipinski definition) is 1. The van der Waals surface area contributed by atoms with Crippen molar-refractivity contribution in [1.82, 2.24) is 4.57 Å². The zero-order chi connectivity index (χ0) is 45.7. The summed E-state index contributed by atoms with van der Waals surface area (Å²) < 4.78 is 2.47. The first-order chi connectivity index (χ1) is 34.2. The molecular formula is C67H46N2. The van der Waals surface area contributed by atoms with Gasteiger partial charge < -0.3 is 9.47 Å². The Morgan fingerprint density at radius 3 is 1.46 bits per heavy atom. The molecule has 0 N–H and O–H groups in total. The van der Waals surface area contributed by atoms with Crippen molar-refractivity contribution in [3.8, 4) is 50.2 Å². The summed E-state index contributed by atoms with van der Waals surface area (Å²) in [6, 6.07) is 102. The number of hydrogen-bond donors (Lipinski definition) is 0. The van der Waals surface area contributed by atoms with Gasteiger partial charge in [0.05, 0.1) is 16.4 Å². The average Bonchev–Trinajstić information content (AvgIpc) is 3.92. The molecular weight excluding hydrogens is 833 g/mol. The molecule has 13 rings (SSSR count). The lowest BCUT2D eigenvalue weighted by molar-refractivity contribution is 0.768. The summed E-state index contributed by atoms with van der Waals surface area (Å²) in [6.45, 7) is 0. The van der Waals surface area contributed by atoms with Crippen molar-refractivity contribution in [2.24, 2.45) is 0 Å². The first-order valence-electron chi connectivity index (χ1n) is 23.8. The van der Waals surface area contributed by atoms with Crippen molar-refractivity contribution in [3.05, 3.63) is 301 Å². The van der Waals surface area contributed by atoms with E-state index < -0.39 is 5.41 Å². The van der Waals surface area contributed by atoms with E-state index in [-0.39, 0.29) is 0 Å². The Morgan fingerprint density at radius 2 is 0.783 bits per heavy atom. The second-order valence-corrected chi connectivity index (χ2v) is 18.1. The van der Waals surface area contributed by atoms with Gasteiger partial charge in [-0.3, -0.25) is 0 Å². The molecule has 0 unspecified atom stereocenters. The van der Waals surface area contributed by atoms with E-state index >= 15 is 0 Å². The van der Waals surface area contributed by atoms with E-state index in [9.17, 15) is 0 Å². The highest BCUT2D eigenvalue weighted by Crippen LogP contribution is 2.56. The summed E-state index contributed by atoms with van der Waals surface area (Å²) in [7, 11) is 0. The Bertz CT molecular complexity index is 3720. The lowest BCUT2D eigenvalue weighted by Crippen LogP contribution is -2.28. The van der Waals surface area contributed by atoms with E-state index in [2.05, 4.69) is 289 Å². The lowest BCUT2D eigenvalue weighted by Gasteiger charge is -2.33. The van der Waals surface area contributed by atoms with Crippen LogP contribution in [0.25, 0.3) is 72.0 Å². The standard InChI is InChI=1S/C67H46N2/c1-6-21-47(22-7-1)51-41-52(48-23-8-2-9-24-48)44-58(43-51)68(55-30-14-5-15-31-55)56-32-20-25-49(42-56)50-37-39-61-60-34-17-19-36-65(60)69(66(61)45-50)57-38-40-64-62(46-57)59-33-16-18-35-63(59)67(64,53-26-10-3-11-27-53)54-28-12-4-13-29-54/h1-46H. The zero-order valence-electron chi connectivity index (χ0n) is 38.0. The third-order valence-electron chi connectivity index (χ3n) is 14.2. The van der Waals surface area contributed by atoms with Gasteiger partial charge in [-0.05, 0) is 133 Å². The molecule has 0 fully saturated rings. The van der Waals surface area contributed by atoms with Gasteiger partial charge in [-0.2, -0.15) is 0 Å². The first kappa shape index (κ1) is 40.3. The van der Waals surface area contributed by atoms with Crippen molar-refractivity contribution in [3.63, 3.8) is 0 Å². The van der Waals surface area contributed by atoms with Gasteiger partial charge in [-0.1, -0.05) is 212 Å². The van der Waals surface area contributed by atoms with Crippen LogP contribution in [0.1, 0.15) is 22.3 Å². The van der Waals surface area contributed by atoms with Crippen LogP contribution < -0.4 is 4.90 Å². The minimum Gasteiger partial charge on any atom is -0.310 e. The second kappa shape index (κ2) is 16.7. The smallest absolute Gasteiger partial charge is 0.0713 e.